The molecule has 0 aliphatic rings. The first-order chi connectivity index (χ1) is 12.8. The molecule has 3 rings (SSSR count). The molecule has 0 atom stereocenters. The average Bonchev–Trinajstić information content (AvgIpc) is 3.05. The number of ether oxygens (including phenoxy) is 2. The third-order valence-electron chi connectivity index (χ3n) is 4.14. The van der Waals surface area contributed by atoms with Crippen LogP contribution in [0.1, 0.15) is 20.8 Å². The summed E-state index contributed by atoms with van der Waals surface area (Å²) in [6.07, 6.45) is 0.665. The highest BCUT2D eigenvalue weighted by Gasteiger charge is 2.37. The number of rotatable bonds is 5. The van der Waals surface area contributed by atoms with Gasteiger partial charge in [0.25, 0.3) is 3.79 Å². The molecular formula is C19H14Cl3NO4. The predicted octanol–water partition coefficient (Wildman–Crippen LogP) is 5.22. The lowest BCUT2D eigenvalue weighted by atomic mass is 9.98. The third-order valence-corrected chi connectivity index (χ3v) is 4.65. The summed E-state index contributed by atoms with van der Waals surface area (Å²) in [7, 11) is 2.87. The van der Waals surface area contributed by atoms with Crippen LogP contribution in [-0.2, 0) is 0 Å². The molecule has 2 aromatic carbocycles. The molecule has 0 spiro atoms. The van der Waals surface area contributed by atoms with Gasteiger partial charge in [-0.2, -0.15) is 0 Å². The van der Waals surface area contributed by atoms with Crippen molar-refractivity contribution in [2.24, 2.45) is 0 Å². The second-order valence-electron chi connectivity index (χ2n) is 5.63. The number of carbonyl (C=O) groups excluding carboxylic acids is 2. The van der Waals surface area contributed by atoms with Crippen molar-refractivity contribution < 1.29 is 19.1 Å². The minimum absolute atomic E-state index is 0.0265. The average molecular weight is 427 g/mol. The highest BCUT2D eigenvalue weighted by Crippen LogP contribution is 2.45. The van der Waals surface area contributed by atoms with E-state index in [1.807, 2.05) is 30.3 Å². The number of hydrogen-bond donors (Lipinski definition) is 1. The van der Waals surface area contributed by atoms with Gasteiger partial charge < -0.3 is 14.5 Å². The smallest absolute Gasteiger partial charge is 0.253 e. The van der Waals surface area contributed by atoms with Crippen molar-refractivity contribution in [2.45, 2.75) is 3.79 Å². The van der Waals surface area contributed by atoms with E-state index >= 15 is 0 Å². The Morgan fingerprint density at radius 1 is 1.07 bits per heavy atom. The second-order valence-corrected chi connectivity index (χ2v) is 7.91. The fraction of sp³-hybridized carbons (Fsp3) is 0.158. The molecule has 27 heavy (non-hydrogen) atoms. The highest BCUT2D eigenvalue weighted by atomic mass is 35.6. The Labute approximate surface area is 170 Å². The number of aromatic nitrogens is 1. The van der Waals surface area contributed by atoms with Gasteiger partial charge in [-0.1, -0.05) is 65.1 Å². The zero-order valence-corrected chi connectivity index (χ0v) is 16.6. The Hall–Kier alpha value is -2.21. The lowest BCUT2D eigenvalue weighted by Gasteiger charge is -2.16. The van der Waals surface area contributed by atoms with E-state index in [0.29, 0.717) is 28.5 Å². The maximum atomic E-state index is 12.8. The van der Waals surface area contributed by atoms with E-state index in [0.717, 1.165) is 5.56 Å². The summed E-state index contributed by atoms with van der Waals surface area (Å²) < 4.78 is 8.60. The number of hydrogen-bond acceptors (Lipinski definition) is 4. The van der Waals surface area contributed by atoms with Crippen molar-refractivity contribution in [1.29, 1.82) is 0 Å². The van der Waals surface area contributed by atoms with Crippen LogP contribution >= 0.6 is 34.8 Å². The summed E-state index contributed by atoms with van der Waals surface area (Å²) in [5.41, 5.74) is 1.93. The zero-order valence-electron chi connectivity index (χ0n) is 14.3. The molecule has 1 N–H and O–H groups in total. The van der Waals surface area contributed by atoms with Crippen LogP contribution in [-0.4, -0.2) is 35.1 Å². The number of nitrogens with one attached hydrogen (secondary N) is 1. The first-order valence-corrected chi connectivity index (χ1v) is 8.89. The van der Waals surface area contributed by atoms with Crippen molar-refractivity contribution in [3.63, 3.8) is 0 Å². The van der Waals surface area contributed by atoms with Crippen molar-refractivity contribution in [3.05, 3.63) is 47.7 Å². The van der Waals surface area contributed by atoms with E-state index in [4.69, 9.17) is 44.3 Å². The van der Waals surface area contributed by atoms with Crippen molar-refractivity contribution in [1.82, 2.24) is 4.98 Å². The van der Waals surface area contributed by atoms with Gasteiger partial charge >= 0.3 is 0 Å². The van der Waals surface area contributed by atoms with Crippen molar-refractivity contribution >= 4 is 57.8 Å². The zero-order chi connectivity index (χ0) is 19.8. The maximum absolute atomic E-state index is 12.8. The number of ketones is 1. The summed E-state index contributed by atoms with van der Waals surface area (Å²) in [4.78, 5) is 27.5. The van der Waals surface area contributed by atoms with Crippen LogP contribution in [0.2, 0.25) is 0 Å². The molecule has 8 heteroatoms. The molecule has 0 saturated carbocycles. The molecule has 3 aromatic rings. The van der Waals surface area contributed by atoms with Crippen molar-refractivity contribution in [3.8, 4) is 22.6 Å². The van der Waals surface area contributed by atoms with Crippen LogP contribution < -0.4 is 9.47 Å². The van der Waals surface area contributed by atoms with E-state index in [2.05, 4.69) is 4.98 Å². The topological polar surface area (TPSA) is 68.4 Å². The summed E-state index contributed by atoms with van der Waals surface area (Å²) in [5.74, 6) is -0.213. The number of aromatic amines is 1. The van der Waals surface area contributed by atoms with Gasteiger partial charge in [0.05, 0.1) is 36.4 Å². The summed E-state index contributed by atoms with van der Waals surface area (Å²) in [6.45, 7) is 0. The van der Waals surface area contributed by atoms with E-state index in [1.54, 1.807) is 0 Å². The quantitative estimate of drug-likeness (QED) is 0.345. The normalized spacial score (nSPS) is 11.4. The van der Waals surface area contributed by atoms with Gasteiger partial charge in [-0.15, -0.1) is 0 Å². The lowest BCUT2D eigenvalue weighted by molar-refractivity contribution is 0.0994. The number of fused-ring (bicyclic) bond motifs is 1. The molecule has 1 heterocycles. The molecule has 0 saturated heterocycles. The first kappa shape index (κ1) is 19.5. The number of aldehydes is 1. The standard InChI is InChI=1S/C19H14Cl3NO4/c1-26-12-8-13(27-2)16(18(25)19(20,21)22)17-15(12)14(11(9-24)23-17)10-6-4-3-5-7-10/h3-9,23H,1-2H3. The Balaban J connectivity index is 2.50. The summed E-state index contributed by atoms with van der Waals surface area (Å²) >= 11 is 17.5. The third kappa shape index (κ3) is 3.38. The second kappa shape index (κ2) is 7.43. The summed E-state index contributed by atoms with van der Waals surface area (Å²) in [6, 6.07) is 10.8. The van der Waals surface area contributed by atoms with E-state index in [1.165, 1.54) is 20.3 Å². The first-order valence-electron chi connectivity index (χ1n) is 7.76. The highest BCUT2D eigenvalue weighted by molar-refractivity contribution is 6.77. The molecule has 0 aliphatic heterocycles. The maximum Gasteiger partial charge on any atom is 0.253 e. The molecule has 0 amide bonds. The monoisotopic (exact) mass is 425 g/mol. The number of H-pyrrole nitrogens is 1. The number of halogens is 3. The SMILES string of the molecule is COc1cc(OC)c2c(-c3ccccc3)c(C=O)[nH]c2c1C(=O)C(Cl)(Cl)Cl. The molecule has 0 aliphatic carbocycles. The van der Waals surface area contributed by atoms with Gasteiger partial charge in [-0.25, -0.2) is 0 Å². The fourth-order valence-corrected chi connectivity index (χ4v) is 3.31. The number of carbonyl (C=O) groups is 2. The fourth-order valence-electron chi connectivity index (χ4n) is 3.02. The largest absolute Gasteiger partial charge is 0.496 e. The molecule has 140 valence electrons. The number of alkyl halides is 3. The lowest BCUT2D eigenvalue weighted by Crippen LogP contribution is -2.20. The Morgan fingerprint density at radius 3 is 2.22 bits per heavy atom. The van der Waals surface area contributed by atoms with Crippen LogP contribution in [0.5, 0.6) is 11.5 Å². The molecule has 0 fully saturated rings. The number of benzene rings is 2. The van der Waals surface area contributed by atoms with Gasteiger partial charge in [0.1, 0.15) is 11.5 Å². The van der Waals surface area contributed by atoms with E-state index in [9.17, 15) is 9.59 Å². The van der Waals surface area contributed by atoms with Crippen molar-refractivity contribution in [2.75, 3.05) is 14.2 Å². The van der Waals surface area contributed by atoms with E-state index < -0.39 is 9.58 Å². The van der Waals surface area contributed by atoms with Crippen LogP contribution in [0.15, 0.2) is 36.4 Å². The van der Waals surface area contributed by atoms with E-state index in [-0.39, 0.29) is 17.0 Å². The van der Waals surface area contributed by atoms with Gasteiger partial charge in [-0.05, 0) is 5.56 Å². The van der Waals surface area contributed by atoms with Gasteiger partial charge in [0.15, 0.2) is 6.29 Å². The minimum atomic E-state index is -2.20. The molecule has 1 aromatic heterocycles. The van der Waals surface area contributed by atoms with Crippen LogP contribution in [0.25, 0.3) is 22.0 Å². The Morgan fingerprint density at radius 2 is 1.70 bits per heavy atom. The molecular weight excluding hydrogens is 413 g/mol. The summed E-state index contributed by atoms with van der Waals surface area (Å²) in [5, 5.41) is 0.518. The molecule has 0 bridgehead atoms. The van der Waals surface area contributed by atoms with Crippen LogP contribution in [0.4, 0.5) is 0 Å². The van der Waals surface area contributed by atoms with Crippen LogP contribution in [0.3, 0.4) is 0 Å². The Kier molecular flexibility index (Phi) is 5.38. The molecule has 0 unspecified atom stereocenters. The Bertz CT molecular complexity index is 1020. The minimum Gasteiger partial charge on any atom is -0.496 e. The molecule has 0 radical (unpaired) electrons. The number of methoxy groups -OCH3 is 2. The van der Waals surface area contributed by atoms with Gasteiger partial charge in [-0.3, -0.25) is 9.59 Å². The van der Waals surface area contributed by atoms with Gasteiger partial charge in [0.2, 0.25) is 5.78 Å². The number of Topliss-reactive ketones (excluding diaryl/α,β-unsaturated/α-hetero) is 1. The van der Waals surface area contributed by atoms with Gasteiger partial charge in [0, 0.05) is 11.6 Å². The molecule has 5 nitrogen and oxygen atoms in total. The van der Waals surface area contributed by atoms with Crippen LogP contribution in [0, 0.1) is 0 Å². The predicted molar refractivity (Wildman–Crippen MR) is 107 cm³/mol.